The van der Waals surface area contributed by atoms with E-state index >= 15 is 0 Å². The molecule has 0 radical (unpaired) electrons. The normalized spacial score (nSPS) is 23.4. The summed E-state index contributed by atoms with van der Waals surface area (Å²) in [4.78, 5) is 2.40. The largest absolute Gasteiger partial charge is 0.317 e. The summed E-state index contributed by atoms with van der Waals surface area (Å²) in [6, 6.07) is 0.336. The molecule has 0 aromatic rings. The average molecular weight is 144 g/mol. The minimum absolute atomic E-state index is 0.336. The highest BCUT2D eigenvalue weighted by Crippen LogP contribution is 2.08. The molecule has 3 heteroatoms. The second kappa shape index (κ2) is 3.91. The third-order valence-corrected chi connectivity index (χ3v) is 2.22. The lowest BCUT2D eigenvalue weighted by Gasteiger charge is -2.29. The summed E-state index contributed by atoms with van der Waals surface area (Å²) in [6.45, 7) is 5.55. The molecule has 3 nitrogen and oxygen atoms in total. The predicted molar refractivity (Wildman–Crippen MR) is 40.1 cm³/mol. The van der Waals surface area contributed by atoms with Gasteiger partial charge >= 0.3 is 0 Å². The molecule has 0 spiro atoms. The van der Waals surface area contributed by atoms with Crippen molar-refractivity contribution >= 4 is 0 Å². The molecule has 10 heavy (non-hydrogen) atoms. The number of piperidine rings is 1. The molecular weight excluding hydrogens is 128 g/mol. The van der Waals surface area contributed by atoms with Crippen molar-refractivity contribution < 1.29 is 5.21 Å². The molecule has 1 heterocycles. The fourth-order valence-electron chi connectivity index (χ4n) is 1.38. The van der Waals surface area contributed by atoms with Crippen molar-refractivity contribution in [2.45, 2.75) is 25.8 Å². The Morgan fingerprint density at radius 1 is 1.50 bits per heavy atom. The average Bonchev–Trinajstić information content (AvgIpc) is 2.05. The summed E-state index contributed by atoms with van der Waals surface area (Å²) in [5.74, 6) is 0. The highest BCUT2D eigenvalue weighted by atomic mass is 16.5. The zero-order chi connectivity index (χ0) is 7.40. The van der Waals surface area contributed by atoms with Crippen molar-refractivity contribution in [3.8, 4) is 0 Å². The van der Waals surface area contributed by atoms with E-state index in [1.165, 1.54) is 0 Å². The molecule has 0 aromatic heterocycles. The lowest BCUT2D eigenvalue weighted by atomic mass is 10.1. The van der Waals surface area contributed by atoms with Gasteiger partial charge < -0.3 is 10.1 Å². The lowest BCUT2D eigenvalue weighted by molar-refractivity contribution is 0.0843. The Labute approximate surface area is 62.0 Å². The first-order chi connectivity index (χ1) is 4.86. The van der Waals surface area contributed by atoms with E-state index in [1.54, 1.807) is 0 Å². The summed E-state index contributed by atoms with van der Waals surface area (Å²) in [6.07, 6.45) is 2.15. The molecule has 1 rings (SSSR count). The smallest absolute Gasteiger partial charge is 0.0344 e. The molecule has 60 valence electrons. The summed E-state index contributed by atoms with van der Waals surface area (Å²) in [7, 11) is 0. The Kier molecular flexibility index (Phi) is 3.12. The van der Waals surface area contributed by atoms with Gasteiger partial charge in [0.15, 0.2) is 0 Å². The Morgan fingerprint density at radius 3 is 2.50 bits per heavy atom. The molecular formula is C7H16N2O. The van der Waals surface area contributed by atoms with E-state index in [-0.39, 0.29) is 0 Å². The van der Waals surface area contributed by atoms with Crippen LogP contribution in [-0.2, 0) is 0 Å². The number of hydrogen-bond donors (Lipinski definition) is 2. The molecule has 0 saturated carbocycles. The van der Waals surface area contributed by atoms with Crippen molar-refractivity contribution in [2.75, 3.05) is 19.6 Å². The minimum atomic E-state index is 0.336. The lowest BCUT2D eigenvalue weighted by Crippen LogP contribution is -2.41. The maximum Gasteiger partial charge on any atom is 0.0344 e. The van der Waals surface area contributed by atoms with Crippen molar-refractivity contribution in [3.63, 3.8) is 0 Å². The second-order valence-electron chi connectivity index (χ2n) is 2.84. The van der Waals surface area contributed by atoms with Crippen LogP contribution in [0.25, 0.3) is 0 Å². The number of likely N-dealkylation sites (tertiary alicyclic amines) is 1. The van der Waals surface area contributed by atoms with Crippen LogP contribution in [-0.4, -0.2) is 35.8 Å². The second-order valence-corrected chi connectivity index (χ2v) is 2.84. The molecule has 0 unspecified atom stereocenters. The number of nitrogens with one attached hydrogen (secondary N) is 1. The zero-order valence-electron chi connectivity index (χ0n) is 6.51. The minimum Gasteiger partial charge on any atom is -0.317 e. The number of rotatable bonds is 2. The van der Waals surface area contributed by atoms with Gasteiger partial charge in [-0.3, -0.25) is 0 Å². The van der Waals surface area contributed by atoms with Gasteiger partial charge in [0.05, 0.1) is 0 Å². The van der Waals surface area contributed by atoms with Gasteiger partial charge in [0.25, 0.3) is 0 Å². The van der Waals surface area contributed by atoms with Gasteiger partial charge in [-0.1, -0.05) is 6.92 Å². The Balaban J connectivity index is 2.17. The first-order valence-corrected chi connectivity index (χ1v) is 3.98. The molecule has 1 aliphatic rings. The highest BCUT2D eigenvalue weighted by Gasteiger charge is 2.16. The number of nitrogens with zero attached hydrogens (tertiary/aromatic N) is 1. The standard InChI is InChI=1S/C7H16N2O/c1-2-9-5-3-7(8-10)4-6-9/h7-8,10H,2-6H2,1H3. The molecule has 0 bridgehead atoms. The van der Waals surface area contributed by atoms with Gasteiger partial charge in [0.1, 0.15) is 0 Å². The topological polar surface area (TPSA) is 35.5 Å². The van der Waals surface area contributed by atoms with E-state index in [0.29, 0.717) is 6.04 Å². The van der Waals surface area contributed by atoms with Gasteiger partial charge in [-0.15, -0.1) is 0 Å². The number of hydrogen-bond acceptors (Lipinski definition) is 3. The van der Waals surface area contributed by atoms with Gasteiger partial charge in [0, 0.05) is 6.04 Å². The van der Waals surface area contributed by atoms with Gasteiger partial charge in [-0.05, 0) is 32.5 Å². The van der Waals surface area contributed by atoms with E-state index in [0.717, 1.165) is 32.5 Å². The Bertz CT molecular complexity index is 77.6. The van der Waals surface area contributed by atoms with Crippen molar-refractivity contribution in [1.82, 2.24) is 10.4 Å². The monoisotopic (exact) mass is 144 g/mol. The maximum absolute atomic E-state index is 8.58. The molecule has 1 fully saturated rings. The van der Waals surface area contributed by atoms with E-state index in [1.807, 2.05) is 0 Å². The van der Waals surface area contributed by atoms with Gasteiger partial charge in [-0.25, -0.2) is 5.48 Å². The molecule has 0 aromatic carbocycles. The Hall–Kier alpha value is -0.120. The zero-order valence-corrected chi connectivity index (χ0v) is 6.51. The Morgan fingerprint density at radius 2 is 2.10 bits per heavy atom. The van der Waals surface area contributed by atoms with Crippen molar-refractivity contribution in [3.05, 3.63) is 0 Å². The van der Waals surface area contributed by atoms with Crippen LogP contribution in [0.4, 0.5) is 0 Å². The van der Waals surface area contributed by atoms with Crippen LogP contribution in [0.5, 0.6) is 0 Å². The van der Waals surface area contributed by atoms with E-state index in [4.69, 9.17) is 5.21 Å². The molecule has 0 aliphatic carbocycles. The summed E-state index contributed by atoms with van der Waals surface area (Å²) in [5.41, 5.74) is 2.32. The first-order valence-electron chi connectivity index (χ1n) is 3.98. The maximum atomic E-state index is 8.58. The third-order valence-electron chi connectivity index (χ3n) is 2.22. The van der Waals surface area contributed by atoms with Crippen LogP contribution in [0.15, 0.2) is 0 Å². The van der Waals surface area contributed by atoms with Crippen LogP contribution in [0.2, 0.25) is 0 Å². The highest BCUT2D eigenvalue weighted by molar-refractivity contribution is 4.73. The fourth-order valence-corrected chi connectivity index (χ4v) is 1.38. The predicted octanol–water partition coefficient (Wildman–Crippen LogP) is 0.449. The van der Waals surface area contributed by atoms with E-state index < -0.39 is 0 Å². The van der Waals surface area contributed by atoms with Gasteiger partial charge in [-0.2, -0.15) is 0 Å². The molecule has 1 saturated heterocycles. The summed E-state index contributed by atoms with van der Waals surface area (Å²) >= 11 is 0. The SMILES string of the molecule is CCN1CCC(NO)CC1. The summed E-state index contributed by atoms with van der Waals surface area (Å²) in [5, 5.41) is 8.58. The van der Waals surface area contributed by atoms with Crippen molar-refractivity contribution in [2.24, 2.45) is 0 Å². The van der Waals surface area contributed by atoms with Crippen LogP contribution in [0.3, 0.4) is 0 Å². The molecule has 1 aliphatic heterocycles. The van der Waals surface area contributed by atoms with Crippen LogP contribution >= 0.6 is 0 Å². The quantitative estimate of drug-likeness (QED) is 0.552. The molecule has 0 atom stereocenters. The van der Waals surface area contributed by atoms with Gasteiger partial charge in [0.2, 0.25) is 0 Å². The van der Waals surface area contributed by atoms with E-state index in [9.17, 15) is 0 Å². The van der Waals surface area contributed by atoms with Crippen LogP contribution in [0, 0.1) is 0 Å². The van der Waals surface area contributed by atoms with E-state index in [2.05, 4.69) is 17.3 Å². The fraction of sp³-hybridized carbons (Fsp3) is 1.00. The molecule has 2 N–H and O–H groups in total. The van der Waals surface area contributed by atoms with Crippen molar-refractivity contribution in [1.29, 1.82) is 0 Å². The van der Waals surface area contributed by atoms with Crippen LogP contribution in [0.1, 0.15) is 19.8 Å². The third kappa shape index (κ3) is 1.94. The molecule has 0 amide bonds. The summed E-state index contributed by atoms with van der Waals surface area (Å²) < 4.78 is 0. The van der Waals surface area contributed by atoms with Crippen LogP contribution < -0.4 is 5.48 Å². The number of hydroxylamine groups is 1. The first kappa shape index (κ1) is 7.98.